The maximum atomic E-state index is 12.5. The van der Waals surface area contributed by atoms with E-state index < -0.39 is 0 Å². The van der Waals surface area contributed by atoms with E-state index in [1.54, 1.807) is 12.1 Å². The van der Waals surface area contributed by atoms with E-state index in [-0.39, 0.29) is 23.8 Å². The van der Waals surface area contributed by atoms with Gasteiger partial charge in [0.2, 0.25) is 11.8 Å². The molecule has 1 aliphatic heterocycles. The van der Waals surface area contributed by atoms with Crippen molar-refractivity contribution in [3.05, 3.63) is 47.1 Å². The number of benzene rings is 1. The van der Waals surface area contributed by atoms with E-state index in [0.29, 0.717) is 23.8 Å². The fourth-order valence-electron chi connectivity index (χ4n) is 3.39. The average Bonchev–Trinajstić information content (AvgIpc) is 3.17. The van der Waals surface area contributed by atoms with Crippen LogP contribution in [0.3, 0.4) is 0 Å². The Balaban J connectivity index is 1.46. The Bertz CT molecular complexity index is 810. The molecule has 1 amide bonds. The minimum atomic E-state index is -0.372. The zero-order chi connectivity index (χ0) is 20.1. The second-order valence-electron chi connectivity index (χ2n) is 7.07. The number of nitrogens with one attached hydrogen (secondary N) is 1. The van der Waals surface area contributed by atoms with E-state index in [0.717, 1.165) is 31.5 Å². The maximum Gasteiger partial charge on any atom is 0.337 e. The van der Waals surface area contributed by atoms with Crippen molar-refractivity contribution in [3.63, 3.8) is 0 Å². The van der Waals surface area contributed by atoms with Crippen molar-refractivity contribution in [2.45, 2.75) is 45.2 Å². The summed E-state index contributed by atoms with van der Waals surface area (Å²) in [5, 5.41) is 6.82. The molecule has 0 saturated carbocycles. The van der Waals surface area contributed by atoms with Crippen molar-refractivity contribution in [3.8, 4) is 0 Å². The van der Waals surface area contributed by atoms with Gasteiger partial charge in [-0.05, 0) is 57.5 Å². The molecule has 1 aliphatic rings. The molecule has 1 fully saturated rings. The summed E-state index contributed by atoms with van der Waals surface area (Å²) >= 11 is 0. The number of methoxy groups -OCH3 is 1. The van der Waals surface area contributed by atoms with Gasteiger partial charge in [0.15, 0.2) is 5.82 Å². The third kappa shape index (κ3) is 4.75. The number of esters is 1. The van der Waals surface area contributed by atoms with Crippen LogP contribution in [0.15, 0.2) is 28.8 Å². The molecule has 1 unspecified atom stereocenters. The van der Waals surface area contributed by atoms with Gasteiger partial charge in [-0.3, -0.25) is 9.69 Å². The van der Waals surface area contributed by atoms with Crippen molar-refractivity contribution >= 4 is 11.9 Å². The smallest absolute Gasteiger partial charge is 0.337 e. The van der Waals surface area contributed by atoms with Crippen LogP contribution in [0.25, 0.3) is 0 Å². The topological polar surface area (TPSA) is 97.6 Å². The standard InChI is InChI=1S/C20H26N4O4/c1-13(24-10-8-16(9-11-24)19-22-14(2)23-28-19)18(25)21-12-15-4-6-17(7-5-15)20(26)27-3/h4-7,13,16H,8-12H2,1-3H3,(H,21,25). The van der Waals surface area contributed by atoms with Crippen molar-refractivity contribution < 1.29 is 18.8 Å². The second kappa shape index (κ2) is 8.97. The molecule has 3 rings (SSSR count). The molecule has 0 bridgehead atoms. The van der Waals surface area contributed by atoms with E-state index in [1.165, 1.54) is 7.11 Å². The Morgan fingerprint density at radius 1 is 1.29 bits per heavy atom. The normalized spacial score (nSPS) is 16.5. The van der Waals surface area contributed by atoms with Crippen molar-refractivity contribution in [2.75, 3.05) is 20.2 Å². The minimum Gasteiger partial charge on any atom is -0.465 e. The number of piperidine rings is 1. The van der Waals surface area contributed by atoms with Gasteiger partial charge in [0, 0.05) is 12.5 Å². The Labute approximate surface area is 164 Å². The number of aromatic nitrogens is 2. The Morgan fingerprint density at radius 2 is 1.96 bits per heavy atom. The lowest BCUT2D eigenvalue weighted by Crippen LogP contribution is -2.47. The van der Waals surface area contributed by atoms with Gasteiger partial charge in [-0.15, -0.1) is 0 Å². The molecule has 1 atom stereocenters. The van der Waals surface area contributed by atoms with Crippen LogP contribution in [0, 0.1) is 6.92 Å². The zero-order valence-corrected chi connectivity index (χ0v) is 16.5. The molecular weight excluding hydrogens is 360 g/mol. The van der Waals surface area contributed by atoms with Crippen LogP contribution in [-0.4, -0.2) is 53.2 Å². The number of likely N-dealkylation sites (tertiary alicyclic amines) is 1. The molecule has 8 heteroatoms. The largest absolute Gasteiger partial charge is 0.465 e. The summed E-state index contributed by atoms with van der Waals surface area (Å²) in [6.45, 7) is 5.79. The van der Waals surface area contributed by atoms with E-state index >= 15 is 0 Å². The Kier molecular flexibility index (Phi) is 6.41. The van der Waals surface area contributed by atoms with E-state index in [9.17, 15) is 9.59 Å². The third-order valence-corrected chi connectivity index (χ3v) is 5.19. The fraction of sp³-hybridized carbons (Fsp3) is 0.500. The van der Waals surface area contributed by atoms with Crippen molar-refractivity contribution in [1.29, 1.82) is 0 Å². The highest BCUT2D eigenvalue weighted by Crippen LogP contribution is 2.27. The number of aryl methyl sites for hydroxylation is 1. The Morgan fingerprint density at radius 3 is 2.54 bits per heavy atom. The van der Waals surface area contributed by atoms with Gasteiger partial charge < -0.3 is 14.6 Å². The van der Waals surface area contributed by atoms with Gasteiger partial charge in [0.25, 0.3) is 0 Å². The second-order valence-corrected chi connectivity index (χ2v) is 7.07. The molecule has 0 spiro atoms. The summed E-state index contributed by atoms with van der Waals surface area (Å²) in [4.78, 5) is 30.5. The molecule has 0 radical (unpaired) electrons. The number of carbonyl (C=O) groups is 2. The first-order chi connectivity index (χ1) is 13.5. The number of hydrogen-bond donors (Lipinski definition) is 1. The highest BCUT2D eigenvalue weighted by molar-refractivity contribution is 5.89. The van der Waals surface area contributed by atoms with Gasteiger partial charge in [-0.25, -0.2) is 4.79 Å². The summed E-state index contributed by atoms with van der Waals surface area (Å²) in [5.41, 5.74) is 1.42. The van der Waals surface area contributed by atoms with Gasteiger partial charge in [-0.2, -0.15) is 4.98 Å². The number of rotatable bonds is 6. The summed E-state index contributed by atoms with van der Waals surface area (Å²) < 4.78 is 9.96. The molecule has 0 aliphatic carbocycles. The van der Waals surface area contributed by atoms with Gasteiger partial charge in [0.05, 0.1) is 18.7 Å². The van der Waals surface area contributed by atoms with Gasteiger partial charge in [0.1, 0.15) is 0 Å². The first-order valence-corrected chi connectivity index (χ1v) is 9.47. The summed E-state index contributed by atoms with van der Waals surface area (Å²) in [6, 6.07) is 6.81. The minimum absolute atomic E-state index is 0.0101. The van der Waals surface area contributed by atoms with Gasteiger partial charge >= 0.3 is 5.97 Å². The lowest BCUT2D eigenvalue weighted by molar-refractivity contribution is -0.126. The van der Waals surface area contributed by atoms with E-state index in [2.05, 4.69) is 25.1 Å². The number of hydrogen-bond acceptors (Lipinski definition) is 7. The Hall–Kier alpha value is -2.74. The van der Waals surface area contributed by atoms with Gasteiger partial charge in [-0.1, -0.05) is 17.3 Å². The average molecular weight is 386 g/mol. The lowest BCUT2D eigenvalue weighted by Gasteiger charge is -2.34. The van der Waals surface area contributed by atoms with Crippen LogP contribution >= 0.6 is 0 Å². The van der Waals surface area contributed by atoms with Crippen LogP contribution in [0.1, 0.15) is 53.3 Å². The monoisotopic (exact) mass is 386 g/mol. The molecule has 150 valence electrons. The predicted molar refractivity (Wildman–Crippen MR) is 102 cm³/mol. The molecule has 8 nitrogen and oxygen atoms in total. The molecule has 1 saturated heterocycles. The first-order valence-electron chi connectivity index (χ1n) is 9.47. The molecular formula is C20H26N4O4. The lowest BCUT2D eigenvalue weighted by atomic mass is 9.95. The molecule has 28 heavy (non-hydrogen) atoms. The highest BCUT2D eigenvalue weighted by Gasteiger charge is 2.29. The van der Waals surface area contributed by atoms with Crippen molar-refractivity contribution in [1.82, 2.24) is 20.4 Å². The highest BCUT2D eigenvalue weighted by atomic mass is 16.5. The maximum absolute atomic E-state index is 12.5. The quantitative estimate of drug-likeness (QED) is 0.759. The molecule has 1 N–H and O–H groups in total. The van der Waals surface area contributed by atoms with Crippen LogP contribution in [0.4, 0.5) is 0 Å². The molecule has 1 aromatic carbocycles. The van der Waals surface area contributed by atoms with Crippen LogP contribution < -0.4 is 5.32 Å². The summed E-state index contributed by atoms with van der Waals surface area (Å²) in [5.74, 6) is 1.24. The first kappa shape index (κ1) is 20.0. The SMILES string of the molecule is COC(=O)c1ccc(CNC(=O)C(C)N2CCC(c3nc(C)no3)CC2)cc1. The summed E-state index contributed by atoms with van der Waals surface area (Å²) in [7, 11) is 1.35. The number of nitrogens with zero attached hydrogens (tertiary/aromatic N) is 3. The number of ether oxygens (including phenoxy) is 1. The predicted octanol–water partition coefficient (Wildman–Crippen LogP) is 2.05. The molecule has 2 heterocycles. The zero-order valence-electron chi connectivity index (χ0n) is 16.5. The van der Waals surface area contributed by atoms with E-state index in [1.807, 2.05) is 26.0 Å². The van der Waals surface area contributed by atoms with Crippen LogP contribution in [0.2, 0.25) is 0 Å². The van der Waals surface area contributed by atoms with Crippen molar-refractivity contribution in [2.24, 2.45) is 0 Å². The van der Waals surface area contributed by atoms with Crippen LogP contribution in [-0.2, 0) is 16.1 Å². The fourth-order valence-corrected chi connectivity index (χ4v) is 3.39. The summed E-state index contributed by atoms with van der Waals surface area (Å²) in [6.07, 6.45) is 1.79. The number of amides is 1. The van der Waals surface area contributed by atoms with Crippen LogP contribution in [0.5, 0.6) is 0 Å². The number of carbonyl (C=O) groups excluding carboxylic acids is 2. The molecule has 1 aromatic heterocycles. The molecule has 2 aromatic rings. The van der Waals surface area contributed by atoms with E-state index in [4.69, 9.17) is 4.52 Å². The third-order valence-electron chi connectivity index (χ3n) is 5.19.